The maximum absolute atomic E-state index is 13.4. The number of aliphatic hydroxyl groups is 1. The van der Waals surface area contributed by atoms with E-state index >= 15 is 0 Å². The minimum absolute atomic E-state index is 0.0263. The molecule has 0 spiro atoms. The summed E-state index contributed by atoms with van der Waals surface area (Å²) < 4.78 is 18.0. The number of fused-ring (bicyclic) bond motifs is 6. The van der Waals surface area contributed by atoms with Gasteiger partial charge in [0.25, 0.3) is 0 Å². The van der Waals surface area contributed by atoms with E-state index in [1.165, 1.54) is 6.92 Å². The third-order valence-corrected chi connectivity index (χ3v) is 13.2. The fourth-order valence-electron chi connectivity index (χ4n) is 11.1. The highest BCUT2D eigenvalue weighted by atomic mass is 16.6. The van der Waals surface area contributed by atoms with E-state index in [9.17, 15) is 19.5 Å². The Labute approximate surface area is 246 Å². The van der Waals surface area contributed by atoms with Crippen LogP contribution in [-0.4, -0.2) is 47.4 Å². The predicted molar refractivity (Wildman–Crippen MR) is 154 cm³/mol. The monoisotopic (exact) mass is 572 g/mol. The summed E-state index contributed by atoms with van der Waals surface area (Å²) in [6, 6.07) is 0. The Morgan fingerprint density at radius 3 is 2.39 bits per heavy atom. The lowest BCUT2D eigenvalue weighted by Gasteiger charge is -2.70. The van der Waals surface area contributed by atoms with Gasteiger partial charge in [-0.25, -0.2) is 4.79 Å². The summed E-state index contributed by atoms with van der Waals surface area (Å²) in [6.45, 7) is 16.7. The van der Waals surface area contributed by atoms with E-state index in [1.807, 2.05) is 13.8 Å². The second-order valence-corrected chi connectivity index (χ2v) is 15.1. The molecule has 1 aliphatic heterocycles. The Balaban J connectivity index is 1.58. The molecule has 0 bridgehead atoms. The quantitative estimate of drug-likeness (QED) is 0.294. The molecule has 0 radical (unpaired) electrons. The summed E-state index contributed by atoms with van der Waals surface area (Å²) in [4.78, 5) is 38.7. The molecule has 1 N–H and O–H groups in total. The molecule has 230 valence electrons. The number of ether oxygens (including phenoxy) is 3. The predicted octanol–water partition coefficient (Wildman–Crippen LogP) is 6.30. The van der Waals surface area contributed by atoms with Gasteiger partial charge in [-0.2, -0.15) is 0 Å². The zero-order valence-electron chi connectivity index (χ0n) is 26.5. The molecule has 0 aromatic rings. The molecule has 3 saturated carbocycles. The van der Waals surface area contributed by atoms with Crippen LogP contribution in [0, 0.1) is 39.4 Å². The molecule has 5 aliphatic rings. The highest BCUT2D eigenvalue weighted by Crippen LogP contribution is 2.74. The minimum Gasteiger partial charge on any atom is -0.462 e. The van der Waals surface area contributed by atoms with Crippen LogP contribution in [0.15, 0.2) is 11.1 Å². The van der Waals surface area contributed by atoms with Gasteiger partial charge in [-0.3, -0.25) is 9.59 Å². The van der Waals surface area contributed by atoms with Crippen LogP contribution in [0.2, 0.25) is 0 Å². The maximum atomic E-state index is 13.4. The van der Waals surface area contributed by atoms with Gasteiger partial charge in [0.2, 0.25) is 0 Å². The van der Waals surface area contributed by atoms with E-state index < -0.39 is 23.6 Å². The fourth-order valence-corrected chi connectivity index (χ4v) is 11.1. The first-order chi connectivity index (χ1) is 19.1. The molecule has 5 rings (SSSR count). The maximum Gasteiger partial charge on any atom is 0.335 e. The van der Waals surface area contributed by atoms with E-state index in [0.29, 0.717) is 18.8 Å². The van der Waals surface area contributed by atoms with Gasteiger partial charge in [0, 0.05) is 23.3 Å². The third-order valence-electron chi connectivity index (χ3n) is 13.2. The standard InChI is InChI=1S/C34H52O7/c1-9-22(36)17-28(37)41-27-18-26-32(6)15-10-14-31(5,20(3)40-21(4)35)24(32)13-16-33(26,7)25-12-11-23-19(2)39-30(38)29(23)34(25,27)8/h19-20,22,24-27,36H,9-18H2,1-8H3. The van der Waals surface area contributed by atoms with E-state index in [0.717, 1.165) is 56.1 Å². The molecule has 0 aromatic carbocycles. The highest BCUT2D eigenvalue weighted by molar-refractivity contribution is 5.94. The van der Waals surface area contributed by atoms with Crippen molar-refractivity contribution in [1.29, 1.82) is 0 Å². The van der Waals surface area contributed by atoms with Gasteiger partial charge in [-0.05, 0) is 99.4 Å². The third kappa shape index (κ3) is 4.50. The van der Waals surface area contributed by atoms with Crippen molar-refractivity contribution in [2.75, 3.05) is 0 Å². The Morgan fingerprint density at radius 2 is 1.73 bits per heavy atom. The number of carbonyl (C=O) groups is 3. The van der Waals surface area contributed by atoms with Crippen molar-refractivity contribution < 1.29 is 33.7 Å². The van der Waals surface area contributed by atoms with Crippen LogP contribution in [-0.2, 0) is 28.6 Å². The van der Waals surface area contributed by atoms with Crippen molar-refractivity contribution in [3.8, 4) is 0 Å². The molecule has 11 unspecified atom stereocenters. The van der Waals surface area contributed by atoms with E-state index in [4.69, 9.17) is 14.2 Å². The van der Waals surface area contributed by atoms with Crippen LogP contribution in [0.1, 0.15) is 120 Å². The Kier molecular flexibility index (Phi) is 7.74. The topological polar surface area (TPSA) is 99.1 Å². The molecule has 7 nitrogen and oxygen atoms in total. The minimum atomic E-state index is -0.740. The van der Waals surface area contributed by atoms with Crippen LogP contribution in [0.25, 0.3) is 0 Å². The normalized spacial score (nSPS) is 44.9. The molecule has 0 amide bonds. The molecule has 7 heteroatoms. The molecule has 0 saturated heterocycles. The molecular weight excluding hydrogens is 520 g/mol. The van der Waals surface area contributed by atoms with Crippen molar-refractivity contribution in [3.63, 3.8) is 0 Å². The lowest BCUT2D eigenvalue weighted by atomic mass is 9.34. The van der Waals surface area contributed by atoms with Gasteiger partial charge in [-0.1, -0.05) is 41.0 Å². The number of carbonyl (C=O) groups excluding carboxylic acids is 3. The van der Waals surface area contributed by atoms with Crippen LogP contribution >= 0.6 is 0 Å². The molecular formula is C34H52O7. The summed E-state index contributed by atoms with van der Waals surface area (Å²) in [5, 5.41) is 10.3. The van der Waals surface area contributed by atoms with Gasteiger partial charge < -0.3 is 19.3 Å². The van der Waals surface area contributed by atoms with Gasteiger partial charge in [0.05, 0.1) is 12.5 Å². The van der Waals surface area contributed by atoms with Crippen molar-refractivity contribution in [2.45, 2.75) is 144 Å². The van der Waals surface area contributed by atoms with Crippen LogP contribution in [0.3, 0.4) is 0 Å². The highest BCUT2D eigenvalue weighted by Gasteiger charge is 2.70. The summed E-state index contributed by atoms with van der Waals surface area (Å²) in [6.07, 6.45) is 6.54. The second-order valence-electron chi connectivity index (χ2n) is 15.1. The number of cyclic esters (lactones) is 1. The molecule has 4 aliphatic carbocycles. The Hall–Kier alpha value is -1.89. The van der Waals surface area contributed by atoms with Crippen molar-refractivity contribution in [1.82, 2.24) is 0 Å². The van der Waals surface area contributed by atoms with E-state index in [-0.39, 0.29) is 58.6 Å². The number of aliphatic hydroxyl groups excluding tert-OH is 1. The molecule has 1 heterocycles. The van der Waals surface area contributed by atoms with Gasteiger partial charge in [0.1, 0.15) is 18.3 Å². The summed E-state index contributed by atoms with van der Waals surface area (Å²) in [5.74, 6) is -0.0665. The smallest absolute Gasteiger partial charge is 0.335 e. The van der Waals surface area contributed by atoms with Crippen molar-refractivity contribution >= 4 is 17.9 Å². The average Bonchev–Trinajstić information content (AvgIpc) is 3.18. The zero-order chi connectivity index (χ0) is 30.1. The SMILES string of the molecule is CCC(O)CC(=O)OC1CC2C3(C)CCCC(C)(C(C)OC(C)=O)C3CCC2(C)C2CCC3=C(C(=O)OC3C)C12C. The van der Waals surface area contributed by atoms with E-state index in [1.54, 1.807) is 0 Å². The first-order valence-corrected chi connectivity index (χ1v) is 16.1. The molecule has 11 atom stereocenters. The fraction of sp³-hybridized carbons (Fsp3) is 0.853. The van der Waals surface area contributed by atoms with Crippen LogP contribution in [0.4, 0.5) is 0 Å². The Bertz CT molecular complexity index is 1130. The van der Waals surface area contributed by atoms with Gasteiger partial charge in [-0.15, -0.1) is 0 Å². The van der Waals surface area contributed by atoms with Gasteiger partial charge >= 0.3 is 17.9 Å². The summed E-state index contributed by atoms with van der Waals surface area (Å²) in [5.41, 5.74) is 0.982. The van der Waals surface area contributed by atoms with Crippen LogP contribution < -0.4 is 0 Å². The lowest BCUT2D eigenvalue weighted by Crippen LogP contribution is -2.67. The zero-order valence-corrected chi connectivity index (χ0v) is 26.5. The molecule has 41 heavy (non-hydrogen) atoms. The van der Waals surface area contributed by atoms with Crippen LogP contribution in [0.5, 0.6) is 0 Å². The van der Waals surface area contributed by atoms with E-state index in [2.05, 4.69) is 34.6 Å². The number of rotatable bonds is 6. The Morgan fingerprint density at radius 1 is 1.05 bits per heavy atom. The first-order valence-electron chi connectivity index (χ1n) is 16.1. The lowest BCUT2D eigenvalue weighted by molar-refractivity contribution is -0.237. The number of hydrogen-bond acceptors (Lipinski definition) is 7. The second kappa shape index (κ2) is 10.4. The summed E-state index contributed by atoms with van der Waals surface area (Å²) in [7, 11) is 0. The largest absolute Gasteiger partial charge is 0.462 e. The number of hydrogen-bond donors (Lipinski definition) is 1. The number of esters is 3. The van der Waals surface area contributed by atoms with Gasteiger partial charge in [0.15, 0.2) is 0 Å². The average molecular weight is 573 g/mol. The summed E-state index contributed by atoms with van der Waals surface area (Å²) >= 11 is 0. The molecule has 3 fully saturated rings. The molecule has 0 aromatic heterocycles. The van der Waals surface area contributed by atoms with Crippen molar-refractivity contribution in [3.05, 3.63) is 11.1 Å². The van der Waals surface area contributed by atoms with Crippen molar-refractivity contribution in [2.24, 2.45) is 39.4 Å². The first kappa shape index (κ1) is 30.6.